The number of hydrogen-bond donors (Lipinski definition) is 0. The Bertz CT molecular complexity index is 701. The summed E-state index contributed by atoms with van der Waals surface area (Å²) in [6.07, 6.45) is -1.72. The van der Waals surface area contributed by atoms with Crippen LogP contribution < -0.4 is 0 Å². The number of halogens is 4. The Morgan fingerprint density at radius 2 is 1.95 bits per heavy atom. The van der Waals surface area contributed by atoms with E-state index in [4.69, 9.17) is 0 Å². The lowest BCUT2D eigenvalue weighted by Gasteiger charge is -2.19. The largest absolute Gasteiger partial charge is 0.346 e. The van der Waals surface area contributed by atoms with Crippen LogP contribution in [-0.2, 0) is 6.54 Å². The van der Waals surface area contributed by atoms with E-state index in [0.717, 1.165) is 6.07 Å². The van der Waals surface area contributed by atoms with Crippen LogP contribution in [-0.4, -0.2) is 16.8 Å². The van der Waals surface area contributed by atoms with E-state index >= 15 is 0 Å². The zero-order valence-electron chi connectivity index (χ0n) is 11.9. The maximum Gasteiger partial charge on any atom is 0.300 e. The molecule has 0 aliphatic heterocycles. The van der Waals surface area contributed by atoms with E-state index in [1.807, 2.05) is 20.8 Å². The summed E-state index contributed by atoms with van der Waals surface area (Å²) in [7, 11) is 0. The molecule has 0 bridgehead atoms. The average molecular weight is 362 g/mol. The molecule has 21 heavy (non-hydrogen) atoms. The van der Waals surface area contributed by atoms with Crippen molar-refractivity contribution >= 4 is 32.6 Å². The van der Waals surface area contributed by atoms with Crippen molar-refractivity contribution in [2.75, 3.05) is 0 Å². The molecular formula is C15H15BrF3NO. The summed E-state index contributed by atoms with van der Waals surface area (Å²) in [6.45, 7) is 6.50. The number of aromatic nitrogens is 1. The Kier molecular flexibility index (Phi) is 4.19. The summed E-state index contributed by atoms with van der Waals surface area (Å²) < 4.78 is 41.1. The van der Waals surface area contributed by atoms with E-state index in [1.165, 1.54) is 12.3 Å². The normalized spacial score (nSPS) is 12.4. The molecule has 0 spiro atoms. The molecule has 1 aromatic carbocycles. The van der Waals surface area contributed by atoms with Crippen molar-refractivity contribution in [3.63, 3.8) is 0 Å². The molecule has 1 heterocycles. The first-order valence-electron chi connectivity index (χ1n) is 6.40. The van der Waals surface area contributed by atoms with Crippen LogP contribution in [0.4, 0.5) is 13.2 Å². The predicted molar refractivity (Wildman–Crippen MR) is 79.4 cm³/mol. The van der Waals surface area contributed by atoms with E-state index in [2.05, 4.69) is 15.9 Å². The molecule has 0 atom stereocenters. The van der Waals surface area contributed by atoms with Crippen molar-refractivity contribution in [2.45, 2.75) is 33.7 Å². The summed E-state index contributed by atoms with van der Waals surface area (Å²) in [5.41, 5.74) is 0.302. The minimum atomic E-state index is -3.11. The van der Waals surface area contributed by atoms with E-state index < -0.39 is 18.0 Å². The van der Waals surface area contributed by atoms with Crippen molar-refractivity contribution in [3.8, 4) is 0 Å². The van der Waals surface area contributed by atoms with Gasteiger partial charge in [-0.15, -0.1) is 0 Å². The smallest absolute Gasteiger partial charge is 0.300 e. The molecule has 0 aliphatic carbocycles. The van der Waals surface area contributed by atoms with E-state index in [1.54, 1.807) is 4.57 Å². The number of ketones is 1. The highest BCUT2D eigenvalue weighted by Gasteiger charge is 2.25. The van der Waals surface area contributed by atoms with Gasteiger partial charge in [-0.25, -0.2) is 13.2 Å². The predicted octanol–water partition coefficient (Wildman–Crippen LogP) is 5.04. The zero-order chi connectivity index (χ0) is 15.9. The zero-order valence-corrected chi connectivity index (χ0v) is 13.5. The van der Waals surface area contributed by atoms with Crippen molar-refractivity contribution in [1.82, 2.24) is 4.57 Å². The third kappa shape index (κ3) is 3.31. The number of carbonyl (C=O) groups is 1. The fraction of sp³-hybridized carbons (Fsp3) is 0.400. The van der Waals surface area contributed by atoms with Crippen LogP contribution in [0.5, 0.6) is 0 Å². The van der Waals surface area contributed by atoms with E-state index in [9.17, 15) is 18.0 Å². The van der Waals surface area contributed by atoms with Gasteiger partial charge in [0.1, 0.15) is 5.82 Å². The van der Waals surface area contributed by atoms with Crippen LogP contribution in [0.1, 0.15) is 31.1 Å². The van der Waals surface area contributed by atoms with Crippen molar-refractivity contribution in [2.24, 2.45) is 5.41 Å². The highest BCUT2D eigenvalue weighted by molar-refractivity contribution is 9.10. The van der Waals surface area contributed by atoms with Crippen molar-refractivity contribution < 1.29 is 18.0 Å². The highest BCUT2D eigenvalue weighted by Crippen LogP contribution is 2.31. The molecule has 0 aliphatic rings. The quantitative estimate of drug-likeness (QED) is 0.702. The summed E-state index contributed by atoms with van der Waals surface area (Å²) in [5.74, 6) is -1.87. The number of carbonyl (C=O) groups excluding carboxylic acids is 1. The monoisotopic (exact) mass is 361 g/mol. The molecule has 2 nitrogen and oxygen atoms in total. The van der Waals surface area contributed by atoms with Gasteiger partial charge in [-0.3, -0.25) is 4.79 Å². The molecule has 1 aromatic heterocycles. The first kappa shape index (κ1) is 16.1. The maximum absolute atomic E-state index is 13.7. The van der Waals surface area contributed by atoms with Gasteiger partial charge in [-0.1, -0.05) is 20.8 Å². The average Bonchev–Trinajstić information content (AvgIpc) is 2.65. The first-order chi connectivity index (χ1) is 9.60. The number of Topliss-reactive ketones (excluding diaryl/α,β-unsaturated/α-hetero) is 1. The lowest BCUT2D eigenvalue weighted by atomic mass is 9.97. The third-order valence-electron chi connectivity index (χ3n) is 3.03. The van der Waals surface area contributed by atoms with Crippen LogP contribution in [0, 0.1) is 11.2 Å². The number of rotatable bonds is 3. The minimum absolute atomic E-state index is 0.113. The van der Waals surface area contributed by atoms with Crippen LogP contribution >= 0.6 is 15.9 Å². The van der Waals surface area contributed by atoms with Crippen LogP contribution in [0.2, 0.25) is 0 Å². The maximum atomic E-state index is 13.7. The summed E-state index contributed by atoms with van der Waals surface area (Å²) in [6, 6.07) is 2.63. The summed E-state index contributed by atoms with van der Waals surface area (Å²) in [4.78, 5) is 11.6. The molecule has 0 fully saturated rings. The van der Waals surface area contributed by atoms with Crippen LogP contribution in [0.25, 0.3) is 10.9 Å². The molecule has 6 heteroatoms. The number of hydrogen-bond acceptors (Lipinski definition) is 1. The van der Waals surface area contributed by atoms with Crippen LogP contribution in [0.3, 0.4) is 0 Å². The third-order valence-corrected chi connectivity index (χ3v) is 3.64. The SMILES string of the molecule is CC(C)(C)Cn1cc(C(=O)C(F)F)c2cc(F)c(Br)cc21. The molecule has 2 rings (SSSR count). The van der Waals surface area contributed by atoms with Gasteiger partial charge in [0.15, 0.2) is 0 Å². The van der Waals surface area contributed by atoms with Crippen molar-refractivity contribution in [1.29, 1.82) is 0 Å². The Morgan fingerprint density at radius 1 is 1.33 bits per heavy atom. The molecule has 0 saturated heterocycles. The molecule has 0 N–H and O–H groups in total. The Balaban J connectivity index is 2.70. The second-order valence-corrected chi connectivity index (χ2v) is 7.03. The van der Waals surface area contributed by atoms with Gasteiger partial charge in [0.05, 0.1) is 9.99 Å². The Hall–Kier alpha value is -1.30. The van der Waals surface area contributed by atoms with Gasteiger partial charge in [-0.2, -0.15) is 0 Å². The minimum Gasteiger partial charge on any atom is -0.346 e. The lowest BCUT2D eigenvalue weighted by Crippen LogP contribution is -2.15. The number of fused-ring (bicyclic) bond motifs is 1. The molecule has 0 saturated carbocycles. The molecule has 0 amide bonds. The van der Waals surface area contributed by atoms with Gasteiger partial charge in [-0.05, 0) is 33.5 Å². The van der Waals surface area contributed by atoms with E-state index in [-0.39, 0.29) is 20.8 Å². The van der Waals surface area contributed by atoms with Crippen LogP contribution in [0.15, 0.2) is 22.8 Å². The fourth-order valence-corrected chi connectivity index (χ4v) is 2.57. The summed E-state index contributed by atoms with van der Waals surface area (Å²) >= 11 is 3.08. The van der Waals surface area contributed by atoms with Gasteiger partial charge in [0.2, 0.25) is 5.78 Å². The van der Waals surface area contributed by atoms with Gasteiger partial charge >= 0.3 is 6.43 Å². The van der Waals surface area contributed by atoms with Gasteiger partial charge in [0, 0.05) is 23.7 Å². The standard InChI is InChI=1S/C15H15BrF3NO/c1-15(2,3)7-20-6-9(13(21)14(18)19)8-4-11(17)10(16)5-12(8)20/h4-6,14H,7H2,1-3H3. The Morgan fingerprint density at radius 3 is 2.48 bits per heavy atom. The van der Waals surface area contributed by atoms with E-state index in [0.29, 0.717) is 12.1 Å². The molecule has 0 radical (unpaired) electrons. The molecule has 114 valence electrons. The topological polar surface area (TPSA) is 22.0 Å². The molecule has 0 unspecified atom stereocenters. The Labute approximate surface area is 129 Å². The second kappa shape index (κ2) is 5.48. The fourth-order valence-electron chi connectivity index (χ4n) is 2.24. The van der Waals surface area contributed by atoms with Gasteiger partial charge in [0.25, 0.3) is 0 Å². The number of nitrogens with zero attached hydrogens (tertiary/aromatic N) is 1. The van der Waals surface area contributed by atoms with Gasteiger partial charge < -0.3 is 4.57 Å². The second-order valence-electron chi connectivity index (χ2n) is 6.18. The number of alkyl halides is 2. The number of benzene rings is 1. The van der Waals surface area contributed by atoms with Crippen molar-refractivity contribution in [3.05, 3.63) is 34.2 Å². The first-order valence-corrected chi connectivity index (χ1v) is 7.20. The highest BCUT2D eigenvalue weighted by atomic mass is 79.9. The molecular weight excluding hydrogens is 347 g/mol. The lowest BCUT2D eigenvalue weighted by molar-refractivity contribution is 0.0680. The summed E-state index contributed by atoms with van der Waals surface area (Å²) in [5, 5.41) is 0.213. The molecule has 2 aromatic rings.